The zero-order valence-electron chi connectivity index (χ0n) is 18.1. The van der Waals surface area contributed by atoms with Crippen LogP contribution in [0.25, 0.3) is 11.1 Å². The fourth-order valence-corrected chi connectivity index (χ4v) is 3.41. The van der Waals surface area contributed by atoms with Crippen molar-refractivity contribution in [1.29, 1.82) is 0 Å². The lowest BCUT2D eigenvalue weighted by Gasteiger charge is -2.25. The van der Waals surface area contributed by atoms with Crippen molar-refractivity contribution in [2.75, 3.05) is 18.6 Å². The lowest BCUT2D eigenvalue weighted by Crippen LogP contribution is -2.52. The third-order valence-corrected chi connectivity index (χ3v) is 5.14. The maximum absolute atomic E-state index is 13.2. The predicted octanol–water partition coefficient (Wildman–Crippen LogP) is 2.64. The smallest absolute Gasteiger partial charge is 0.322 e. The Morgan fingerprint density at radius 3 is 2.56 bits per heavy atom. The zero-order valence-corrected chi connectivity index (χ0v) is 18.8. The van der Waals surface area contributed by atoms with Crippen molar-refractivity contribution < 1.29 is 14.3 Å². The van der Waals surface area contributed by atoms with Crippen LogP contribution in [0.15, 0.2) is 48.5 Å². The molecule has 1 amide bonds. The van der Waals surface area contributed by atoms with Crippen molar-refractivity contribution >= 4 is 29.4 Å². The van der Waals surface area contributed by atoms with Crippen molar-refractivity contribution in [1.82, 2.24) is 25.9 Å². The Kier molecular flexibility index (Phi) is 7.91. The summed E-state index contributed by atoms with van der Waals surface area (Å²) in [6, 6.07) is 14.1. The number of H-pyrrole nitrogens is 1. The number of carbonyl (C=O) groups excluding carboxylic acids is 2. The van der Waals surface area contributed by atoms with Crippen molar-refractivity contribution in [2.45, 2.75) is 32.4 Å². The van der Waals surface area contributed by atoms with E-state index in [1.165, 1.54) is 4.90 Å². The van der Waals surface area contributed by atoms with Gasteiger partial charge in [0.05, 0.1) is 12.6 Å². The maximum Gasteiger partial charge on any atom is 0.322 e. The van der Waals surface area contributed by atoms with Crippen LogP contribution < -0.4 is 10.2 Å². The average molecular weight is 457 g/mol. The summed E-state index contributed by atoms with van der Waals surface area (Å²) >= 11 is 6.09. The molecule has 168 valence electrons. The summed E-state index contributed by atoms with van der Waals surface area (Å²) in [5, 5.41) is 17.3. The van der Waals surface area contributed by atoms with Gasteiger partial charge in [0, 0.05) is 12.1 Å². The highest BCUT2D eigenvalue weighted by Gasteiger charge is 2.29. The number of hydrogen-bond donors (Lipinski definition) is 2. The van der Waals surface area contributed by atoms with E-state index in [0.717, 1.165) is 16.7 Å². The summed E-state index contributed by atoms with van der Waals surface area (Å²) in [5.74, 6) is -0.591. The first kappa shape index (κ1) is 23.4. The number of hydrogen-bond acceptors (Lipinski definition) is 7. The molecule has 1 heterocycles. The molecule has 2 atom stereocenters. The molecule has 0 aliphatic carbocycles. The third-order valence-electron chi connectivity index (χ3n) is 4.91. The number of aromatic amines is 1. The Hall–Kier alpha value is -3.30. The molecule has 32 heavy (non-hydrogen) atoms. The molecule has 2 unspecified atom stereocenters. The second kappa shape index (κ2) is 10.8. The number of rotatable bonds is 9. The number of likely N-dealkylation sites (N-methyl/N-ethyl adjacent to an activating group) is 1. The van der Waals surface area contributed by atoms with E-state index in [0.29, 0.717) is 11.4 Å². The minimum absolute atomic E-state index is 0.141. The van der Waals surface area contributed by atoms with Gasteiger partial charge in [-0.15, -0.1) is 5.10 Å². The Morgan fingerprint density at radius 2 is 1.94 bits per heavy atom. The molecule has 0 aliphatic rings. The first-order valence-corrected chi connectivity index (χ1v) is 10.6. The topological polar surface area (TPSA) is 113 Å². The van der Waals surface area contributed by atoms with Crippen LogP contribution in [-0.2, 0) is 20.7 Å². The molecule has 0 fully saturated rings. The Morgan fingerprint density at radius 1 is 1.19 bits per heavy atom. The van der Waals surface area contributed by atoms with E-state index < -0.39 is 18.1 Å². The minimum atomic E-state index is -0.713. The molecule has 0 aliphatic heterocycles. The number of tetrazole rings is 1. The van der Waals surface area contributed by atoms with Gasteiger partial charge < -0.3 is 4.74 Å². The lowest BCUT2D eigenvalue weighted by molar-refractivity contribution is -0.145. The molecule has 0 spiro atoms. The Bertz CT molecular complexity index is 1040. The summed E-state index contributed by atoms with van der Waals surface area (Å²) in [6.07, 6.45) is 0.348. The molecule has 0 saturated carbocycles. The molecule has 10 heteroatoms. The van der Waals surface area contributed by atoms with Crippen LogP contribution in [0, 0.1) is 0 Å². The molecule has 3 aromatic rings. The number of benzene rings is 2. The molecular formula is C22H25ClN6O3. The summed E-state index contributed by atoms with van der Waals surface area (Å²) < 4.78 is 5.06. The monoisotopic (exact) mass is 456 g/mol. The minimum Gasteiger partial charge on any atom is -0.465 e. The van der Waals surface area contributed by atoms with E-state index in [1.807, 2.05) is 48.5 Å². The van der Waals surface area contributed by atoms with Crippen LogP contribution in [0.1, 0.15) is 19.4 Å². The number of nitrogens with zero attached hydrogens (tertiary/aromatic N) is 4. The number of carbonyl (C=O) groups is 2. The van der Waals surface area contributed by atoms with Gasteiger partial charge in [0.25, 0.3) is 5.95 Å². The first-order valence-electron chi connectivity index (χ1n) is 10.2. The molecule has 0 saturated heterocycles. The molecule has 2 N–H and O–H groups in total. The van der Waals surface area contributed by atoms with Crippen LogP contribution in [0.5, 0.6) is 0 Å². The van der Waals surface area contributed by atoms with Gasteiger partial charge in [-0.1, -0.05) is 53.1 Å². The number of nitrogens with one attached hydrogen (secondary N) is 2. The third kappa shape index (κ3) is 5.89. The molecule has 0 radical (unpaired) electrons. The van der Waals surface area contributed by atoms with Gasteiger partial charge in [0.2, 0.25) is 5.91 Å². The van der Waals surface area contributed by atoms with Crippen LogP contribution in [0.4, 0.5) is 5.95 Å². The number of ether oxygens (including phenoxy) is 1. The number of anilines is 1. The van der Waals surface area contributed by atoms with Gasteiger partial charge in [0.1, 0.15) is 6.04 Å². The van der Waals surface area contributed by atoms with Gasteiger partial charge >= 0.3 is 5.97 Å². The molecule has 0 bridgehead atoms. The van der Waals surface area contributed by atoms with E-state index in [4.69, 9.17) is 16.3 Å². The normalized spacial score (nSPS) is 12.8. The van der Waals surface area contributed by atoms with Crippen LogP contribution >= 0.6 is 11.6 Å². The number of aromatic nitrogens is 4. The maximum atomic E-state index is 13.2. The fraction of sp³-hybridized carbons (Fsp3) is 0.318. The summed E-state index contributed by atoms with van der Waals surface area (Å²) in [6.45, 7) is 3.66. The van der Waals surface area contributed by atoms with Gasteiger partial charge in [-0.05, 0) is 54.3 Å². The highest BCUT2D eigenvalue weighted by atomic mass is 35.5. The molecule has 3 rings (SSSR count). The van der Waals surface area contributed by atoms with Gasteiger partial charge in [0.15, 0.2) is 0 Å². The van der Waals surface area contributed by atoms with Crippen molar-refractivity contribution in [3.8, 4) is 11.1 Å². The second-order valence-electron chi connectivity index (χ2n) is 7.21. The van der Waals surface area contributed by atoms with Crippen LogP contribution in [0.3, 0.4) is 0 Å². The predicted molar refractivity (Wildman–Crippen MR) is 121 cm³/mol. The Balaban J connectivity index is 1.79. The second-order valence-corrected chi connectivity index (χ2v) is 7.65. The van der Waals surface area contributed by atoms with Crippen LogP contribution in [0.2, 0.25) is 5.02 Å². The van der Waals surface area contributed by atoms with Gasteiger partial charge in [-0.3, -0.25) is 19.8 Å². The van der Waals surface area contributed by atoms with Gasteiger partial charge in [-0.2, -0.15) is 5.21 Å². The quantitative estimate of drug-likeness (QED) is 0.476. The molecule has 1 aromatic heterocycles. The zero-order chi connectivity index (χ0) is 23.1. The van der Waals surface area contributed by atoms with Crippen LogP contribution in [-0.4, -0.2) is 58.2 Å². The summed E-state index contributed by atoms with van der Waals surface area (Å²) in [4.78, 5) is 26.6. The van der Waals surface area contributed by atoms with E-state index >= 15 is 0 Å². The van der Waals surface area contributed by atoms with E-state index in [-0.39, 0.29) is 18.5 Å². The SMILES string of the molecule is CCOC(=O)C(C)NC(Cc1ccc(-c2cccc(Cl)c2)cc1)C(=O)N(C)c1nn[nH]n1. The first-order chi connectivity index (χ1) is 15.4. The fourth-order valence-electron chi connectivity index (χ4n) is 3.22. The average Bonchev–Trinajstić information content (AvgIpc) is 3.33. The van der Waals surface area contributed by atoms with Crippen molar-refractivity contribution in [3.05, 3.63) is 59.1 Å². The van der Waals surface area contributed by atoms with E-state index in [9.17, 15) is 9.59 Å². The van der Waals surface area contributed by atoms with Crippen molar-refractivity contribution in [2.24, 2.45) is 0 Å². The molecular weight excluding hydrogens is 432 g/mol. The number of halogens is 1. The summed E-state index contributed by atoms with van der Waals surface area (Å²) in [5.41, 5.74) is 2.93. The lowest BCUT2D eigenvalue weighted by atomic mass is 9.99. The highest BCUT2D eigenvalue weighted by molar-refractivity contribution is 6.30. The Labute approximate surface area is 191 Å². The molecule has 9 nitrogen and oxygen atoms in total. The standard InChI is InChI=1S/C22H25ClN6O3/c1-4-32-21(31)14(2)24-19(20(30)29(3)22-25-27-28-26-22)12-15-8-10-16(11-9-15)17-6-5-7-18(23)13-17/h5-11,13-14,19,24H,4,12H2,1-3H3,(H,25,26,27,28). The van der Waals surface area contributed by atoms with Gasteiger partial charge in [-0.25, -0.2) is 0 Å². The largest absolute Gasteiger partial charge is 0.465 e. The van der Waals surface area contributed by atoms with Crippen molar-refractivity contribution in [3.63, 3.8) is 0 Å². The number of amides is 1. The molecule has 2 aromatic carbocycles. The summed E-state index contributed by atoms with van der Waals surface area (Å²) in [7, 11) is 1.55. The number of esters is 1. The van der Waals surface area contributed by atoms with E-state index in [1.54, 1.807) is 20.9 Å². The van der Waals surface area contributed by atoms with E-state index in [2.05, 4.69) is 25.9 Å². The highest BCUT2D eigenvalue weighted by Crippen LogP contribution is 2.23.